The Balaban J connectivity index is 2.92. The molecule has 5 nitrogen and oxygen atoms in total. The van der Waals surface area contributed by atoms with Crippen molar-refractivity contribution in [1.82, 2.24) is 10.6 Å². The summed E-state index contributed by atoms with van der Waals surface area (Å²) in [7, 11) is 0. The van der Waals surface area contributed by atoms with Gasteiger partial charge in [0.1, 0.15) is 5.60 Å². The average molecular weight is 778 g/mol. The quantitative estimate of drug-likeness (QED) is 0.175. The van der Waals surface area contributed by atoms with Crippen molar-refractivity contribution in [3.63, 3.8) is 0 Å². The molecule has 0 saturated carbocycles. The van der Waals surface area contributed by atoms with Crippen molar-refractivity contribution in [1.29, 1.82) is 0 Å². The van der Waals surface area contributed by atoms with Gasteiger partial charge in [-0.2, -0.15) is 87.8 Å². The predicted molar refractivity (Wildman–Crippen MR) is 126 cm³/mol. The van der Waals surface area contributed by atoms with Gasteiger partial charge >= 0.3 is 59.9 Å². The van der Waals surface area contributed by atoms with Gasteiger partial charge in [-0.05, 0) is 38.0 Å². The molecule has 0 aromatic heterocycles. The monoisotopic (exact) mass is 778 g/mol. The first-order valence-electron chi connectivity index (χ1n) is 13.0. The van der Waals surface area contributed by atoms with E-state index in [9.17, 15) is 97.4 Å². The van der Waals surface area contributed by atoms with Crippen molar-refractivity contribution < 1.29 is 102 Å². The van der Waals surface area contributed by atoms with E-state index in [0.29, 0.717) is 19.9 Å². The molecule has 50 heavy (non-hydrogen) atoms. The maximum atomic E-state index is 14.2. The number of hydrogen-bond acceptors (Lipinski definition) is 3. The van der Waals surface area contributed by atoms with E-state index in [1.807, 2.05) is 0 Å². The van der Waals surface area contributed by atoms with Gasteiger partial charge in [0.15, 0.2) is 0 Å². The molecule has 1 aromatic rings. The predicted octanol–water partition coefficient (Wildman–Crippen LogP) is 9.01. The maximum absolute atomic E-state index is 14.2. The molecule has 0 spiro atoms. The first-order chi connectivity index (χ1) is 21.9. The molecule has 0 bridgehead atoms. The van der Waals surface area contributed by atoms with Gasteiger partial charge in [0.2, 0.25) is 5.91 Å². The molecule has 1 rings (SSSR count). The highest BCUT2D eigenvalue weighted by Crippen LogP contribution is 2.64. The van der Waals surface area contributed by atoms with E-state index in [0.717, 1.165) is 12.1 Å². The smallest absolute Gasteiger partial charge is 0.444 e. The number of ether oxygens (including phenoxy) is 1. The second-order valence-electron chi connectivity index (χ2n) is 10.9. The minimum Gasteiger partial charge on any atom is -0.444 e. The van der Waals surface area contributed by atoms with E-state index in [2.05, 4.69) is 10.1 Å². The van der Waals surface area contributed by atoms with Gasteiger partial charge in [0.25, 0.3) is 0 Å². The fraction of sp³-hybridized carbons (Fsp3) is 0.680. The normalized spacial score (nSPS) is 14.8. The van der Waals surface area contributed by atoms with Crippen LogP contribution >= 0.6 is 0 Å². The lowest BCUT2D eigenvalue weighted by atomic mass is 9.87. The molecule has 0 aliphatic rings. The van der Waals surface area contributed by atoms with Crippen molar-refractivity contribution in [3.8, 4) is 0 Å². The number of benzene rings is 1. The van der Waals surface area contributed by atoms with Crippen LogP contribution in [0.3, 0.4) is 0 Å². The fourth-order valence-corrected chi connectivity index (χ4v) is 3.57. The molecule has 0 aliphatic carbocycles. The number of carbonyl (C=O) groups excluding carboxylic acids is 2. The summed E-state index contributed by atoms with van der Waals surface area (Å²) in [4.78, 5) is 23.8. The van der Waals surface area contributed by atoms with Crippen LogP contribution in [0.15, 0.2) is 24.3 Å². The van der Waals surface area contributed by atoms with Gasteiger partial charge in [-0.15, -0.1) is 0 Å². The minimum atomic E-state index is -8.75. The minimum absolute atomic E-state index is 0.000747. The zero-order chi connectivity index (χ0) is 39.8. The lowest BCUT2D eigenvalue weighted by Gasteiger charge is -2.43. The second-order valence-corrected chi connectivity index (χ2v) is 10.9. The Bertz CT molecular complexity index is 1350. The molecular formula is C25H22F20N2O3. The van der Waals surface area contributed by atoms with Gasteiger partial charge in [-0.1, -0.05) is 12.1 Å². The largest absolute Gasteiger partial charge is 0.460 e. The molecule has 2 N–H and O–H groups in total. The summed E-state index contributed by atoms with van der Waals surface area (Å²) in [5, 5.41) is 3.96. The molecule has 0 saturated heterocycles. The molecule has 0 heterocycles. The van der Waals surface area contributed by atoms with Crippen molar-refractivity contribution in [2.75, 3.05) is 6.54 Å². The van der Waals surface area contributed by atoms with E-state index in [4.69, 9.17) is 0 Å². The average Bonchev–Trinajstić information content (AvgIpc) is 2.93. The number of hydrogen-bond donors (Lipinski definition) is 2. The standard InChI is InChI=1S/C25H22F20N2O3/c1-16(2,50-15(49)46-9-6-14(48)47-11-12-4-3-5-13(10-12)18(28,29)30)7-8-17(26,27)19(31,32)20(33,34)21(35,36)22(37,38)23(39,40)24(41,42)25(43,44)45/h3-5,10H,6-9,11H2,1-2H3,(H,46,49)(H,47,48). The van der Waals surface area contributed by atoms with Crippen LogP contribution in [0.25, 0.3) is 0 Å². The molecule has 1 aromatic carbocycles. The van der Waals surface area contributed by atoms with E-state index in [-0.39, 0.29) is 5.56 Å². The molecule has 2 amide bonds. The Morgan fingerprint density at radius 1 is 0.620 bits per heavy atom. The summed E-state index contributed by atoms with van der Waals surface area (Å²) in [6.45, 7) is 0.0851. The molecule has 0 unspecified atom stereocenters. The molecule has 0 radical (unpaired) electrons. The third-order valence-corrected chi connectivity index (χ3v) is 6.56. The van der Waals surface area contributed by atoms with Crippen LogP contribution < -0.4 is 10.6 Å². The molecule has 290 valence electrons. The summed E-state index contributed by atoms with van der Waals surface area (Å²) in [5.41, 5.74) is -3.53. The van der Waals surface area contributed by atoms with Crippen LogP contribution in [-0.2, 0) is 22.3 Å². The molecular weight excluding hydrogens is 756 g/mol. The summed E-state index contributed by atoms with van der Waals surface area (Å²) >= 11 is 0. The summed E-state index contributed by atoms with van der Waals surface area (Å²) in [5.74, 6) is -58.3. The number of alkyl halides is 20. The van der Waals surface area contributed by atoms with E-state index >= 15 is 0 Å². The van der Waals surface area contributed by atoms with E-state index < -0.39 is 109 Å². The van der Waals surface area contributed by atoms with Gasteiger partial charge in [-0.25, -0.2) is 4.79 Å². The van der Waals surface area contributed by atoms with Crippen LogP contribution in [-0.4, -0.2) is 71.8 Å². The van der Waals surface area contributed by atoms with Crippen LogP contribution in [0, 0.1) is 0 Å². The number of halogens is 20. The Morgan fingerprint density at radius 3 is 1.54 bits per heavy atom. The highest BCUT2D eigenvalue weighted by Gasteiger charge is 2.95. The number of rotatable bonds is 15. The van der Waals surface area contributed by atoms with Crippen molar-refractivity contribution in [2.45, 2.75) is 99.1 Å². The summed E-state index contributed by atoms with van der Waals surface area (Å²) in [6.07, 6.45) is -19.4. The number of carbonyl (C=O) groups is 2. The number of nitrogens with one attached hydrogen (secondary N) is 2. The van der Waals surface area contributed by atoms with Gasteiger partial charge < -0.3 is 15.4 Å². The van der Waals surface area contributed by atoms with Gasteiger partial charge in [0.05, 0.1) is 5.56 Å². The zero-order valence-corrected chi connectivity index (χ0v) is 24.6. The van der Waals surface area contributed by atoms with E-state index in [1.54, 1.807) is 5.32 Å². The first-order valence-corrected chi connectivity index (χ1v) is 13.0. The van der Waals surface area contributed by atoms with Crippen molar-refractivity contribution in [2.24, 2.45) is 0 Å². The number of amides is 2. The lowest BCUT2D eigenvalue weighted by molar-refractivity contribution is -0.462. The Kier molecular flexibility index (Phi) is 12.4. The molecule has 0 fully saturated rings. The Morgan fingerprint density at radius 2 is 1.08 bits per heavy atom. The lowest BCUT2D eigenvalue weighted by Crippen LogP contribution is -2.74. The fourth-order valence-electron chi connectivity index (χ4n) is 3.57. The van der Waals surface area contributed by atoms with Crippen LogP contribution in [0.5, 0.6) is 0 Å². The number of alkyl carbamates (subject to hydrolysis) is 1. The van der Waals surface area contributed by atoms with Crippen LogP contribution in [0.2, 0.25) is 0 Å². The Hall–Kier alpha value is -3.44. The molecule has 0 atom stereocenters. The third kappa shape index (κ3) is 8.70. The second kappa shape index (κ2) is 13.9. The Labute approximate surface area is 266 Å². The first kappa shape index (κ1) is 44.6. The SMILES string of the molecule is CC(C)(CCC(F)(F)C(F)(F)C(F)(F)C(F)(F)C(F)(F)C(F)(F)C(F)(F)C(F)(F)F)OC(=O)NCCC(=O)NCc1cccc(C(F)(F)F)c1. The maximum Gasteiger partial charge on any atom is 0.460 e. The van der Waals surface area contributed by atoms with Crippen LogP contribution in [0.1, 0.15) is 44.2 Å². The zero-order valence-electron chi connectivity index (χ0n) is 24.6. The van der Waals surface area contributed by atoms with Crippen molar-refractivity contribution in [3.05, 3.63) is 35.4 Å². The van der Waals surface area contributed by atoms with Crippen LogP contribution in [0.4, 0.5) is 92.6 Å². The molecule has 25 heteroatoms. The highest BCUT2D eigenvalue weighted by molar-refractivity contribution is 5.77. The highest BCUT2D eigenvalue weighted by atomic mass is 19.4. The third-order valence-electron chi connectivity index (χ3n) is 6.56. The van der Waals surface area contributed by atoms with Gasteiger partial charge in [-0.3, -0.25) is 4.79 Å². The summed E-state index contributed by atoms with van der Waals surface area (Å²) in [6, 6.07) is 3.70. The van der Waals surface area contributed by atoms with Crippen molar-refractivity contribution >= 4 is 12.0 Å². The van der Waals surface area contributed by atoms with Gasteiger partial charge in [0, 0.05) is 25.9 Å². The topological polar surface area (TPSA) is 67.4 Å². The summed E-state index contributed by atoms with van der Waals surface area (Å²) < 4.78 is 271. The van der Waals surface area contributed by atoms with E-state index in [1.165, 1.54) is 6.07 Å². The molecule has 0 aliphatic heterocycles.